The summed E-state index contributed by atoms with van der Waals surface area (Å²) in [7, 11) is 0. The number of carbonyl (C=O) groups excluding carboxylic acids is 2. The molecule has 0 amide bonds. The molecule has 138 valence electrons. The SMILES string of the molecule is C=C(C)CC(C)CC(C)(OC(=O)C(C)C)C(=O)OC(C)CC(=C)C. The molecule has 0 rings (SSSR count). The topological polar surface area (TPSA) is 52.6 Å². The van der Waals surface area contributed by atoms with E-state index in [-0.39, 0.29) is 17.9 Å². The molecule has 4 heteroatoms. The largest absolute Gasteiger partial charge is 0.459 e. The van der Waals surface area contributed by atoms with Gasteiger partial charge in [-0.2, -0.15) is 0 Å². The van der Waals surface area contributed by atoms with E-state index in [2.05, 4.69) is 13.2 Å². The first-order valence-corrected chi connectivity index (χ1v) is 8.60. The molecule has 0 aliphatic rings. The number of hydrogen-bond acceptors (Lipinski definition) is 4. The molecule has 3 unspecified atom stereocenters. The highest BCUT2D eigenvalue weighted by Gasteiger charge is 2.41. The molecule has 24 heavy (non-hydrogen) atoms. The molecule has 3 atom stereocenters. The zero-order chi connectivity index (χ0) is 19.1. The highest BCUT2D eigenvalue weighted by molar-refractivity contribution is 5.83. The Kier molecular flexibility index (Phi) is 9.02. The van der Waals surface area contributed by atoms with Gasteiger partial charge >= 0.3 is 11.9 Å². The molecular weight excluding hydrogens is 304 g/mol. The highest BCUT2D eigenvalue weighted by Crippen LogP contribution is 2.28. The minimum atomic E-state index is -1.29. The lowest BCUT2D eigenvalue weighted by Crippen LogP contribution is -2.45. The maximum absolute atomic E-state index is 12.7. The molecule has 0 aromatic carbocycles. The molecule has 0 spiro atoms. The van der Waals surface area contributed by atoms with Crippen LogP contribution in [0.25, 0.3) is 0 Å². The molecule has 0 saturated heterocycles. The van der Waals surface area contributed by atoms with E-state index >= 15 is 0 Å². The Balaban J connectivity index is 5.21. The predicted molar refractivity (Wildman–Crippen MR) is 97.5 cm³/mol. The Morgan fingerprint density at radius 3 is 1.92 bits per heavy atom. The summed E-state index contributed by atoms with van der Waals surface area (Å²) in [6.45, 7) is 20.5. The molecule has 0 saturated carbocycles. The molecule has 0 heterocycles. The van der Waals surface area contributed by atoms with Gasteiger partial charge in [0, 0.05) is 12.8 Å². The monoisotopic (exact) mass is 338 g/mol. The molecule has 0 radical (unpaired) electrons. The number of hydrogen-bond donors (Lipinski definition) is 0. The fraction of sp³-hybridized carbons (Fsp3) is 0.700. The number of esters is 2. The van der Waals surface area contributed by atoms with E-state index in [1.807, 2.05) is 27.7 Å². The van der Waals surface area contributed by atoms with E-state index in [4.69, 9.17) is 9.47 Å². The van der Waals surface area contributed by atoms with Gasteiger partial charge in [-0.1, -0.05) is 31.9 Å². The third-order valence-electron chi connectivity index (χ3n) is 3.61. The summed E-state index contributed by atoms with van der Waals surface area (Å²) in [5.74, 6) is -1.05. The van der Waals surface area contributed by atoms with Crippen LogP contribution in [0.5, 0.6) is 0 Å². The van der Waals surface area contributed by atoms with Crippen molar-refractivity contribution in [1.82, 2.24) is 0 Å². The van der Waals surface area contributed by atoms with Gasteiger partial charge in [0.1, 0.15) is 6.10 Å². The van der Waals surface area contributed by atoms with Crippen LogP contribution < -0.4 is 0 Å². The fourth-order valence-corrected chi connectivity index (χ4v) is 2.68. The summed E-state index contributed by atoms with van der Waals surface area (Å²) in [4.78, 5) is 24.8. The zero-order valence-electron chi connectivity index (χ0n) is 16.4. The number of carbonyl (C=O) groups is 2. The van der Waals surface area contributed by atoms with Gasteiger partial charge in [0.2, 0.25) is 5.60 Å². The lowest BCUT2D eigenvalue weighted by atomic mass is 9.89. The molecule has 0 N–H and O–H groups in total. The molecule has 0 fully saturated rings. The average molecular weight is 338 g/mol. The van der Waals surface area contributed by atoms with Gasteiger partial charge in [-0.25, -0.2) is 4.79 Å². The van der Waals surface area contributed by atoms with Crippen molar-refractivity contribution in [2.24, 2.45) is 11.8 Å². The third-order valence-corrected chi connectivity index (χ3v) is 3.61. The maximum atomic E-state index is 12.7. The second-order valence-electron chi connectivity index (χ2n) is 7.65. The van der Waals surface area contributed by atoms with Crippen LogP contribution in [0.15, 0.2) is 24.3 Å². The van der Waals surface area contributed by atoms with Gasteiger partial charge in [0.25, 0.3) is 0 Å². The minimum Gasteiger partial charge on any atom is -0.459 e. The second kappa shape index (κ2) is 9.65. The standard InChI is InChI=1S/C20H34O4/c1-13(2)10-16(7)12-20(9,24-18(21)15(5)6)19(22)23-17(8)11-14(3)4/h15-17H,1,3,10-12H2,2,4-9H3. The van der Waals surface area contributed by atoms with E-state index in [0.717, 1.165) is 17.6 Å². The normalized spacial score (nSPS) is 16.0. The Morgan fingerprint density at radius 1 is 1.00 bits per heavy atom. The van der Waals surface area contributed by atoms with Gasteiger partial charge in [-0.15, -0.1) is 13.2 Å². The summed E-state index contributed by atoms with van der Waals surface area (Å²) in [6.07, 6.45) is 1.45. The van der Waals surface area contributed by atoms with Crippen molar-refractivity contribution in [3.8, 4) is 0 Å². The van der Waals surface area contributed by atoms with E-state index in [1.165, 1.54) is 0 Å². The molecule has 4 nitrogen and oxygen atoms in total. The van der Waals surface area contributed by atoms with Gasteiger partial charge in [0.05, 0.1) is 5.92 Å². The van der Waals surface area contributed by atoms with Crippen LogP contribution in [0.3, 0.4) is 0 Å². The Bertz CT molecular complexity index is 478. The van der Waals surface area contributed by atoms with Crippen LogP contribution in [-0.2, 0) is 19.1 Å². The van der Waals surface area contributed by atoms with Crippen LogP contribution in [0.2, 0.25) is 0 Å². The summed E-state index contributed by atoms with van der Waals surface area (Å²) >= 11 is 0. The first-order chi connectivity index (χ1) is 10.9. The Hall–Kier alpha value is -1.58. The summed E-state index contributed by atoms with van der Waals surface area (Å²) < 4.78 is 11.1. The van der Waals surface area contributed by atoms with Gasteiger partial charge in [0.15, 0.2) is 0 Å². The van der Waals surface area contributed by atoms with E-state index in [9.17, 15) is 9.59 Å². The van der Waals surface area contributed by atoms with Crippen molar-refractivity contribution in [1.29, 1.82) is 0 Å². The summed E-state index contributed by atoms with van der Waals surface area (Å²) in [6, 6.07) is 0. The van der Waals surface area contributed by atoms with Crippen LogP contribution in [0.1, 0.15) is 67.7 Å². The second-order valence-corrected chi connectivity index (χ2v) is 7.65. The smallest absolute Gasteiger partial charge is 0.350 e. The van der Waals surface area contributed by atoms with Crippen molar-refractivity contribution >= 4 is 11.9 Å². The Morgan fingerprint density at radius 2 is 1.50 bits per heavy atom. The molecule has 0 aromatic heterocycles. The maximum Gasteiger partial charge on any atom is 0.350 e. The zero-order valence-corrected chi connectivity index (χ0v) is 16.4. The van der Waals surface area contributed by atoms with Gasteiger partial charge in [-0.05, 0) is 40.0 Å². The quantitative estimate of drug-likeness (QED) is 0.423. The highest BCUT2D eigenvalue weighted by atomic mass is 16.6. The van der Waals surface area contributed by atoms with E-state index < -0.39 is 17.5 Å². The van der Waals surface area contributed by atoms with Crippen molar-refractivity contribution < 1.29 is 19.1 Å². The van der Waals surface area contributed by atoms with Crippen molar-refractivity contribution in [3.63, 3.8) is 0 Å². The van der Waals surface area contributed by atoms with Crippen molar-refractivity contribution in [3.05, 3.63) is 24.3 Å². The van der Waals surface area contributed by atoms with Crippen LogP contribution in [0.4, 0.5) is 0 Å². The molecular formula is C20H34O4. The third kappa shape index (κ3) is 8.32. The molecule has 0 aliphatic carbocycles. The summed E-state index contributed by atoms with van der Waals surface area (Å²) in [5.41, 5.74) is 0.676. The van der Waals surface area contributed by atoms with E-state index in [1.54, 1.807) is 20.8 Å². The molecule has 0 bridgehead atoms. The molecule has 0 aliphatic heterocycles. The fourth-order valence-electron chi connectivity index (χ4n) is 2.68. The van der Waals surface area contributed by atoms with Crippen LogP contribution in [0, 0.1) is 11.8 Å². The predicted octanol–water partition coefficient (Wildman–Crippen LogP) is 4.83. The minimum absolute atomic E-state index is 0.149. The lowest BCUT2D eigenvalue weighted by molar-refractivity contribution is -0.187. The number of ether oxygens (including phenoxy) is 2. The first kappa shape index (κ1) is 22.4. The lowest BCUT2D eigenvalue weighted by Gasteiger charge is -2.32. The van der Waals surface area contributed by atoms with Gasteiger partial charge < -0.3 is 9.47 Å². The van der Waals surface area contributed by atoms with E-state index in [0.29, 0.717) is 12.8 Å². The van der Waals surface area contributed by atoms with Crippen molar-refractivity contribution in [2.45, 2.75) is 79.4 Å². The Labute approximate surface area is 147 Å². The van der Waals surface area contributed by atoms with Gasteiger partial charge in [-0.3, -0.25) is 4.79 Å². The van der Waals surface area contributed by atoms with Crippen LogP contribution in [-0.4, -0.2) is 23.6 Å². The summed E-state index contributed by atoms with van der Waals surface area (Å²) in [5, 5.41) is 0. The number of allylic oxidation sites excluding steroid dienone is 1. The number of rotatable bonds is 10. The van der Waals surface area contributed by atoms with Crippen molar-refractivity contribution in [2.75, 3.05) is 0 Å². The average Bonchev–Trinajstić information content (AvgIpc) is 2.35. The van der Waals surface area contributed by atoms with Crippen LogP contribution >= 0.6 is 0 Å². The molecule has 0 aromatic rings. The first-order valence-electron chi connectivity index (χ1n) is 8.60.